The second-order valence-corrected chi connectivity index (χ2v) is 6.17. The molecule has 2 aliphatic carbocycles. The quantitative estimate of drug-likeness (QED) is 0.582. The number of fused-ring (bicyclic) bond motifs is 5. The maximum absolute atomic E-state index is 12.6. The molecule has 2 fully saturated rings. The van der Waals surface area contributed by atoms with Crippen LogP contribution in [0.15, 0.2) is 36.4 Å². The first-order chi connectivity index (χ1) is 11.1. The number of nitrogens with zero attached hydrogens (tertiary/aromatic N) is 1. The fourth-order valence-electron chi connectivity index (χ4n) is 3.99. The highest BCUT2D eigenvalue weighted by atomic mass is 16.5. The summed E-state index contributed by atoms with van der Waals surface area (Å²) < 4.78 is 5.00. The van der Waals surface area contributed by atoms with Gasteiger partial charge in [-0.2, -0.15) is 0 Å². The van der Waals surface area contributed by atoms with E-state index in [2.05, 4.69) is 12.2 Å². The average Bonchev–Trinajstić information content (AvgIpc) is 3.20. The molecule has 2 amide bonds. The fraction of sp³-hybridized carbons (Fsp3) is 0.353. The molecule has 1 aromatic rings. The van der Waals surface area contributed by atoms with Crippen molar-refractivity contribution < 1.29 is 24.2 Å². The van der Waals surface area contributed by atoms with Crippen LogP contribution >= 0.6 is 0 Å². The minimum absolute atomic E-state index is 0.139. The van der Waals surface area contributed by atoms with E-state index in [1.807, 2.05) is 0 Å². The van der Waals surface area contributed by atoms with Crippen LogP contribution in [0.3, 0.4) is 0 Å². The second kappa shape index (κ2) is 4.94. The third-order valence-electron chi connectivity index (χ3n) is 4.92. The van der Waals surface area contributed by atoms with Gasteiger partial charge >= 0.3 is 0 Å². The zero-order valence-electron chi connectivity index (χ0n) is 12.2. The minimum Gasteiger partial charge on any atom is -0.546 e. The van der Waals surface area contributed by atoms with Crippen molar-refractivity contribution in [2.75, 3.05) is 11.5 Å². The van der Waals surface area contributed by atoms with Gasteiger partial charge in [-0.1, -0.05) is 12.2 Å². The number of carbonyl (C=O) groups is 3. The van der Waals surface area contributed by atoms with E-state index in [1.54, 1.807) is 24.3 Å². The first kappa shape index (κ1) is 14.0. The number of aliphatic carboxylic acids is 1. The van der Waals surface area contributed by atoms with E-state index in [9.17, 15) is 19.5 Å². The monoisotopic (exact) mass is 312 g/mol. The summed E-state index contributed by atoms with van der Waals surface area (Å²) in [5.74, 6) is -1.35. The van der Waals surface area contributed by atoms with Crippen LogP contribution in [0.25, 0.3) is 0 Å². The highest BCUT2D eigenvalue weighted by Crippen LogP contribution is 2.53. The lowest BCUT2D eigenvalue weighted by Crippen LogP contribution is -2.32. The Morgan fingerprint density at radius 2 is 1.65 bits per heavy atom. The topological polar surface area (TPSA) is 86.7 Å². The summed E-state index contributed by atoms with van der Waals surface area (Å²) in [6.07, 6.45) is 5.01. The Balaban J connectivity index is 1.56. The van der Waals surface area contributed by atoms with Gasteiger partial charge in [-0.15, -0.1) is 0 Å². The van der Waals surface area contributed by atoms with Crippen molar-refractivity contribution in [3.8, 4) is 5.75 Å². The number of ether oxygens (including phenoxy) is 1. The summed E-state index contributed by atoms with van der Waals surface area (Å²) in [6, 6.07) is 6.27. The molecule has 2 bridgehead atoms. The van der Waals surface area contributed by atoms with Gasteiger partial charge in [0.25, 0.3) is 0 Å². The molecule has 1 aromatic carbocycles. The molecule has 1 saturated carbocycles. The Kier molecular flexibility index (Phi) is 3.01. The molecular weight excluding hydrogens is 298 g/mol. The summed E-state index contributed by atoms with van der Waals surface area (Å²) in [7, 11) is 0. The van der Waals surface area contributed by atoms with Crippen LogP contribution in [-0.2, 0) is 14.4 Å². The highest BCUT2D eigenvalue weighted by molar-refractivity contribution is 6.22. The Morgan fingerprint density at radius 3 is 2.17 bits per heavy atom. The molecule has 4 rings (SSSR count). The predicted octanol–water partition coefficient (Wildman–Crippen LogP) is 0.127. The van der Waals surface area contributed by atoms with Gasteiger partial charge < -0.3 is 14.6 Å². The highest BCUT2D eigenvalue weighted by Gasteiger charge is 2.59. The van der Waals surface area contributed by atoms with E-state index in [-0.39, 0.29) is 35.5 Å². The maximum atomic E-state index is 12.6. The van der Waals surface area contributed by atoms with E-state index in [0.717, 1.165) is 6.42 Å². The van der Waals surface area contributed by atoms with E-state index >= 15 is 0 Å². The van der Waals surface area contributed by atoms with E-state index in [4.69, 9.17) is 4.74 Å². The number of hydrogen-bond donors (Lipinski definition) is 0. The summed E-state index contributed by atoms with van der Waals surface area (Å²) in [4.78, 5) is 36.9. The van der Waals surface area contributed by atoms with Crippen LogP contribution in [0.5, 0.6) is 5.75 Å². The van der Waals surface area contributed by atoms with Crippen molar-refractivity contribution in [3.05, 3.63) is 36.4 Å². The predicted molar refractivity (Wildman–Crippen MR) is 77.2 cm³/mol. The Hall–Kier alpha value is -2.63. The smallest absolute Gasteiger partial charge is 0.238 e. The van der Waals surface area contributed by atoms with Crippen molar-refractivity contribution in [3.63, 3.8) is 0 Å². The fourth-order valence-corrected chi connectivity index (χ4v) is 3.99. The van der Waals surface area contributed by atoms with Crippen LogP contribution in [0.2, 0.25) is 0 Å². The first-order valence-electron chi connectivity index (χ1n) is 7.55. The molecule has 4 atom stereocenters. The minimum atomic E-state index is -1.31. The summed E-state index contributed by atoms with van der Waals surface area (Å²) in [5, 5.41) is 10.4. The number of carboxylic acids is 1. The van der Waals surface area contributed by atoms with Crippen LogP contribution in [0, 0.1) is 23.7 Å². The molecule has 0 unspecified atom stereocenters. The van der Waals surface area contributed by atoms with Gasteiger partial charge in [0, 0.05) is 0 Å². The Bertz CT molecular complexity index is 693. The van der Waals surface area contributed by atoms with Crippen LogP contribution < -0.4 is 14.7 Å². The van der Waals surface area contributed by atoms with E-state index < -0.39 is 12.6 Å². The standard InChI is InChI=1S/C17H15NO5/c19-13(20)8-23-12-5-3-11(4-6-12)18-16(21)14-9-1-2-10(7-9)15(14)17(18)22/h1-6,9-10,14-15H,7-8H2,(H,19,20)/p-1/t9-,10-,14-,15+/m0/s1. The molecule has 1 aliphatic heterocycles. The number of anilines is 1. The largest absolute Gasteiger partial charge is 0.546 e. The lowest BCUT2D eigenvalue weighted by atomic mass is 9.85. The molecule has 3 aliphatic rings. The number of carbonyl (C=O) groups excluding carboxylic acids is 3. The van der Waals surface area contributed by atoms with Crippen LogP contribution in [0.4, 0.5) is 5.69 Å². The van der Waals surface area contributed by atoms with Gasteiger partial charge in [-0.05, 0) is 42.5 Å². The molecule has 0 spiro atoms. The lowest BCUT2D eigenvalue weighted by molar-refractivity contribution is -0.307. The average molecular weight is 312 g/mol. The van der Waals surface area contributed by atoms with Gasteiger partial charge in [-0.3, -0.25) is 14.5 Å². The van der Waals surface area contributed by atoms with Gasteiger partial charge in [-0.25, -0.2) is 0 Å². The van der Waals surface area contributed by atoms with Gasteiger partial charge in [0.2, 0.25) is 11.8 Å². The summed E-state index contributed by atoms with van der Waals surface area (Å²) >= 11 is 0. The molecular formula is C17H14NO5-. The third kappa shape index (κ3) is 2.05. The molecule has 118 valence electrons. The van der Waals surface area contributed by atoms with Crippen molar-refractivity contribution in [1.82, 2.24) is 0 Å². The number of carboxylic acid groups (broad SMARTS) is 1. The molecule has 6 heteroatoms. The lowest BCUT2D eigenvalue weighted by Gasteiger charge is -2.17. The van der Waals surface area contributed by atoms with Gasteiger partial charge in [0.05, 0.1) is 23.5 Å². The van der Waals surface area contributed by atoms with Gasteiger partial charge in [0.15, 0.2) is 0 Å². The second-order valence-electron chi connectivity index (χ2n) is 6.17. The molecule has 6 nitrogen and oxygen atoms in total. The van der Waals surface area contributed by atoms with Crippen molar-refractivity contribution >= 4 is 23.5 Å². The zero-order valence-corrected chi connectivity index (χ0v) is 12.2. The molecule has 0 N–H and O–H groups in total. The van der Waals surface area contributed by atoms with E-state index in [0.29, 0.717) is 11.4 Å². The summed E-state index contributed by atoms with van der Waals surface area (Å²) in [6.45, 7) is -0.542. The molecule has 0 radical (unpaired) electrons. The Labute approximate surface area is 132 Å². The maximum Gasteiger partial charge on any atom is 0.238 e. The SMILES string of the molecule is O=C([O-])COc1ccc(N2C(=O)[C@@H]3[C@H](C2=O)[C@H]2C=C[C@H]3C2)cc1. The number of benzene rings is 1. The molecule has 23 heavy (non-hydrogen) atoms. The van der Waals surface area contributed by atoms with Crippen molar-refractivity contribution in [2.45, 2.75) is 6.42 Å². The number of amides is 2. The molecule has 1 heterocycles. The Morgan fingerprint density at radius 1 is 1.09 bits per heavy atom. The number of hydrogen-bond acceptors (Lipinski definition) is 5. The van der Waals surface area contributed by atoms with Crippen LogP contribution in [-0.4, -0.2) is 24.4 Å². The normalized spacial score (nSPS) is 30.9. The number of rotatable bonds is 4. The van der Waals surface area contributed by atoms with Gasteiger partial charge in [0.1, 0.15) is 12.4 Å². The first-order valence-corrected chi connectivity index (χ1v) is 7.55. The number of imide groups is 1. The number of allylic oxidation sites excluding steroid dienone is 2. The van der Waals surface area contributed by atoms with E-state index in [1.165, 1.54) is 4.90 Å². The third-order valence-corrected chi connectivity index (χ3v) is 4.92. The molecule has 1 saturated heterocycles. The van der Waals surface area contributed by atoms with Crippen molar-refractivity contribution in [2.24, 2.45) is 23.7 Å². The summed E-state index contributed by atoms with van der Waals surface area (Å²) in [5.41, 5.74) is 0.495. The molecule has 0 aromatic heterocycles. The van der Waals surface area contributed by atoms with Crippen molar-refractivity contribution in [1.29, 1.82) is 0 Å². The zero-order chi connectivity index (χ0) is 16.1. The van der Waals surface area contributed by atoms with Crippen LogP contribution in [0.1, 0.15) is 6.42 Å².